The van der Waals surface area contributed by atoms with E-state index in [9.17, 15) is 19.2 Å². The molecule has 0 saturated carbocycles. The van der Waals surface area contributed by atoms with E-state index in [0.717, 1.165) is 4.90 Å². The van der Waals surface area contributed by atoms with E-state index in [4.69, 9.17) is 0 Å². The summed E-state index contributed by atoms with van der Waals surface area (Å²) in [7, 11) is 0. The van der Waals surface area contributed by atoms with Crippen molar-refractivity contribution in [1.29, 1.82) is 0 Å². The molecule has 18 heavy (non-hydrogen) atoms. The highest BCUT2D eigenvalue weighted by Crippen LogP contribution is 2.18. The van der Waals surface area contributed by atoms with Gasteiger partial charge in [0.05, 0.1) is 0 Å². The lowest BCUT2D eigenvalue weighted by Crippen LogP contribution is -2.50. The molecule has 2 atom stereocenters. The molecule has 0 spiro atoms. The zero-order valence-electron chi connectivity index (χ0n) is 9.30. The van der Waals surface area contributed by atoms with Crippen LogP contribution in [0.1, 0.15) is 12.8 Å². The molecule has 3 heterocycles. The number of nitrogens with zero attached hydrogens (tertiary/aromatic N) is 2. The average molecular weight is 253 g/mol. The summed E-state index contributed by atoms with van der Waals surface area (Å²) in [6.07, 6.45) is -0.760. The average Bonchev–Trinajstić information content (AvgIpc) is 2.88. The summed E-state index contributed by atoms with van der Waals surface area (Å²) in [5, 5.41) is 7.60. The molecule has 3 aliphatic heterocycles. The lowest BCUT2D eigenvalue weighted by Gasteiger charge is -2.25. The Kier molecular flexibility index (Phi) is 2.15. The molecule has 96 valence electrons. The second kappa shape index (κ2) is 3.59. The van der Waals surface area contributed by atoms with Crippen molar-refractivity contribution in [3.05, 3.63) is 0 Å². The number of nitrogens with one attached hydrogen (secondary N) is 3. The third-order valence-electron chi connectivity index (χ3n) is 3.21. The largest absolute Gasteiger partial charge is 0.322 e. The van der Waals surface area contributed by atoms with Gasteiger partial charge < -0.3 is 16.0 Å². The van der Waals surface area contributed by atoms with Gasteiger partial charge in [-0.1, -0.05) is 0 Å². The molecule has 3 fully saturated rings. The topological polar surface area (TPSA) is 111 Å². The van der Waals surface area contributed by atoms with Gasteiger partial charge in [-0.3, -0.25) is 19.4 Å². The molecule has 3 N–H and O–H groups in total. The van der Waals surface area contributed by atoms with Crippen LogP contribution in [0.15, 0.2) is 0 Å². The Morgan fingerprint density at radius 2 is 1.67 bits per heavy atom. The number of urea groups is 2. The van der Waals surface area contributed by atoms with Gasteiger partial charge in [-0.15, -0.1) is 0 Å². The van der Waals surface area contributed by atoms with Crippen LogP contribution in [0.3, 0.4) is 0 Å². The van der Waals surface area contributed by atoms with Gasteiger partial charge in [-0.25, -0.2) is 9.59 Å². The SMILES string of the molecule is O=C1NC2NC(=O)N(CN3C(=O)CCC3=O)C2N1. The number of hydrogen-bond acceptors (Lipinski definition) is 4. The maximum atomic E-state index is 11.7. The maximum absolute atomic E-state index is 11.7. The van der Waals surface area contributed by atoms with Crippen molar-refractivity contribution in [1.82, 2.24) is 25.8 Å². The summed E-state index contributed by atoms with van der Waals surface area (Å²) in [6, 6.07) is -0.820. The molecule has 0 aromatic heterocycles. The van der Waals surface area contributed by atoms with Crippen LogP contribution in [0.4, 0.5) is 9.59 Å². The van der Waals surface area contributed by atoms with E-state index < -0.39 is 24.4 Å². The van der Waals surface area contributed by atoms with Crippen LogP contribution in [0.2, 0.25) is 0 Å². The smallest absolute Gasteiger partial charge is 0.314 e. The number of imide groups is 1. The van der Waals surface area contributed by atoms with Crippen LogP contribution in [-0.2, 0) is 9.59 Å². The minimum absolute atomic E-state index is 0.132. The predicted molar refractivity (Wildman–Crippen MR) is 55.6 cm³/mol. The first-order valence-corrected chi connectivity index (χ1v) is 5.53. The second-order valence-electron chi connectivity index (χ2n) is 4.32. The van der Waals surface area contributed by atoms with Gasteiger partial charge in [0.25, 0.3) is 0 Å². The van der Waals surface area contributed by atoms with Crippen molar-refractivity contribution in [2.45, 2.75) is 25.2 Å². The van der Waals surface area contributed by atoms with Gasteiger partial charge in [-0.2, -0.15) is 0 Å². The van der Waals surface area contributed by atoms with E-state index in [2.05, 4.69) is 16.0 Å². The lowest BCUT2D eigenvalue weighted by atomic mass is 10.4. The van der Waals surface area contributed by atoms with Crippen molar-refractivity contribution in [2.24, 2.45) is 0 Å². The van der Waals surface area contributed by atoms with Crippen molar-refractivity contribution in [3.8, 4) is 0 Å². The number of hydrogen-bond donors (Lipinski definition) is 3. The van der Waals surface area contributed by atoms with Gasteiger partial charge in [0.1, 0.15) is 19.0 Å². The van der Waals surface area contributed by atoms with Crippen LogP contribution in [0, 0.1) is 0 Å². The van der Waals surface area contributed by atoms with E-state index in [1.165, 1.54) is 4.90 Å². The molecule has 9 heteroatoms. The highest BCUT2D eigenvalue weighted by Gasteiger charge is 2.47. The molecule has 0 aromatic rings. The highest BCUT2D eigenvalue weighted by atomic mass is 16.2. The number of likely N-dealkylation sites (tertiary alicyclic amines) is 1. The molecule has 0 aliphatic carbocycles. The summed E-state index contributed by atoms with van der Waals surface area (Å²) in [5.41, 5.74) is 0. The van der Waals surface area contributed by atoms with Gasteiger partial charge in [0, 0.05) is 12.8 Å². The van der Waals surface area contributed by atoms with E-state index in [1.54, 1.807) is 0 Å². The first-order chi connectivity index (χ1) is 8.56. The molecular weight excluding hydrogens is 242 g/mol. The molecule has 0 aromatic carbocycles. The molecule has 0 radical (unpaired) electrons. The van der Waals surface area contributed by atoms with Crippen molar-refractivity contribution in [2.75, 3.05) is 6.67 Å². The molecule has 9 nitrogen and oxygen atoms in total. The quantitative estimate of drug-likeness (QED) is 0.498. The first-order valence-electron chi connectivity index (χ1n) is 5.53. The summed E-state index contributed by atoms with van der Waals surface area (Å²) in [4.78, 5) is 48.0. The van der Waals surface area contributed by atoms with Crippen molar-refractivity contribution >= 4 is 23.9 Å². The molecular formula is C9H11N5O4. The van der Waals surface area contributed by atoms with Gasteiger partial charge in [-0.05, 0) is 0 Å². The highest BCUT2D eigenvalue weighted by molar-refractivity contribution is 6.02. The fourth-order valence-corrected chi connectivity index (χ4v) is 2.28. The van der Waals surface area contributed by atoms with Crippen LogP contribution < -0.4 is 16.0 Å². The molecule has 0 bridgehead atoms. The van der Waals surface area contributed by atoms with Crippen molar-refractivity contribution < 1.29 is 19.2 Å². The van der Waals surface area contributed by atoms with Crippen molar-refractivity contribution in [3.63, 3.8) is 0 Å². The maximum Gasteiger partial charge on any atom is 0.322 e. The number of carbonyl (C=O) groups is 4. The van der Waals surface area contributed by atoms with Crippen LogP contribution >= 0.6 is 0 Å². The summed E-state index contributed by atoms with van der Waals surface area (Å²) in [5.74, 6) is -0.595. The monoisotopic (exact) mass is 253 g/mol. The van der Waals surface area contributed by atoms with Gasteiger partial charge in [0.15, 0.2) is 0 Å². The summed E-state index contributed by atoms with van der Waals surface area (Å²) in [6.45, 7) is -0.132. The number of carbonyl (C=O) groups excluding carboxylic acids is 4. The lowest BCUT2D eigenvalue weighted by molar-refractivity contribution is -0.140. The zero-order chi connectivity index (χ0) is 12.9. The molecule has 3 aliphatic rings. The Morgan fingerprint density at radius 1 is 1.00 bits per heavy atom. The van der Waals surface area contributed by atoms with Crippen LogP contribution in [-0.4, -0.2) is 52.7 Å². The summed E-state index contributed by atoms with van der Waals surface area (Å²) < 4.78 is 0. The molecule has 6 amide bonds. The van der Waals surface area contributed by atoms with Gasteiger partial charge in [0.2, 0.25) is 11.8 Å². The second-order valence-corrected chi connectivity index (χ2v) is 4.32. The Hall–Kier alpha value is -2.32. The molecule has 3 rings (SSSR count). The Morgan fingerprint density at radius 3 is 2.33 bits per heavy atom. The van der Waals surface area contributed by atoms with Gasteiger partial charge >= 0.3 is 12.1 Å². The van der Waals surface area contributed by atoms with E-state index in [1.807, 2.05) is 0 Å². The third-order valence-corrected chi connectivity index (χ3v) is 3.21. The third kappa shape index (κ3) is 1.47. The van der Waals surface area contributed by atoms with Crippen LogP contribution in [0.5, 0.6) is 0 Å². The van der Waals surface area contributed by atoms with E-state index in [0.29, 0.717) is 0 Å². The molecule has 2 unspecified atom stereocenters. The minimum Gasteiger partial charge on any atom is -0.314 e. The predicted octanol–water partition coefficient (Wildman–Crippen LogP) is -1.92. The Labute approximate surface area is 101 Å². The molecule has 3 saturated heterocycles. The first kappa shape index (κ1) is 10.8. The Balaban J connectivity index is 1.75. The minimum atomic E-state index is -0.578. The fraction of sp³-hybridized carbons (Fsp3) is 0.556. The zero-order valence-corrected chi connectivity index (χ0v) is 9.30. The number of rotatable bonds is 2. The van der Waals surface area contributed by atoms with E-state index >= 15 is 0 Å². The Bertz CT molecular complexity index is 448. The summed E-state index contributed by atoms with van der Waals surface area (Å²) >= 11 is 0. The normalized spacial score (nSPS) is 30.4. The number of amides is 6. The standard InChI is InChI=1S/C9H11N5O4/c15-4-1-2-5(16)13(4)3-14-7-6(11-9(14)18)10-8(17)12-7/h6-7H,1-3H2,(H,11,18)(H2,10,12,17). The fourth-order valence-electron chi connectivity index (χ4n) is 2.28. The van der Waals surface area contributed by atoms with E-state index in [-0.39, 0.29) is 31.3 Å². The van der Waals surface area contributed by atoms with Crippen LogP contribution in [0.25, 0.3) is 0 Å². The number of fused-ring (bicyclic) bond motifs is 1.